The molecule has 6 nitrogen and oxygen atoms in total. The number of aliphatic carboxylic acids is 1. The molecule has 102 valence electrons. The lowest BCUT2D eigenvalue weighted by atomic mass is 9.98. The molecule has 19 heavy (non-hydrogen) atoms. The molecule has 2 N–H and O–H groups in total. The molecule has 1 aliphatic rings. The summed E-state index contributed by atoms with van der Waals surface area (Å²) in [6.07, 6.45) is 0. The first-order chi connectivity index (χ1) is 9.04. The Kier molecular flexibility index (Phi) is 3.71. The summed E-state index contributed by atoms with van der Waals surface area (Å²) >= 11 is 0. The Labute approximate surface area is 110 Å². The molecule has 1 atom stereocenters. The first-order valence-electron chi connectivity index (χ1n) is 5.89. The number of hydrogen-bond acceptors (Lipinski definition) is 5. The Hall–Kier alpha value is -2.08. The number of hydrogen-bond donors (Lipinski definition) is 2. The molecule has 0 amide bonds. The third-order valence-corrected chi connectivity index (χ3v) is 2.95. The van der Waals surface area contributed by atoms with Gasteiger partial charge in [-0.05, 0) is 31.7 Å². The highest BCUT2D eigenvalue weighted by atomic mass is 16.6. The Bertz CT molecular complexity index is 526. The molecule has 1 aromatic carbocycles. The van der Waals surface area contributed by atoms with E-state index < -0.39 is 17.8 Å². The average molecular weight is 265 g/mol. The molecule has 6 heteroatoms. The van der Waals surface area contributed by atoms with Crippen LogP contribution in [0.3, 0.4) is 0 Å². The van der Waals surface area contributed by atoms with E-state index in [4.69, 9.17) is 14.6 Å². The van der Waals surface area contributed by atoms with E-state index >= 15 is 0 Å². The molecule has 1 aliphatic heterocycles. The van der Waals surface area contributed by atoms with Crippen LogP contribution in [0.5, 0.6) is 11.5 Å². The van der Waals surface area contributed by atoms with Crippen molar-refractivity contribution in [3.05, 3.63) is 23.3 Å². The summed E-state index contributed by atoms with van der Waals surface area (Å²) in [7, 11) is 1.43. The smallest absolute Gasteiger partial charge is 0.328 e. The number of carbonyl (C=O) groups excluding carboxylic acids is 1. The summed E-state index contributed by atoms with van der Waals surface area (Å²) in [6, 6.07) is 1.97. The van der Waals surface area contributed by atoms with Gasteiger partial charge in [0.1, 0.15) is 13.2 Å². The highest BCUT2D eigenvalue weighted by Gasteiger charge is 2.28. The minimum Gasteiger partial charge on any atom is -0.486 e. The van der Waals surface area contributed by atoms with Gasteiger partial charge >= 0.3 is 5.97 Å². The van der Waals surface area contributed by atoms with E-state index in [1.165, 1.54) is 7.05 Å². The second kappa shape index (κ2) is 5.27. The fourth-order valence-electron chi connectivity index (χ4n) is 1.98. The predicted molar refractivity (Wildman–Crippen MR) is 67.0 cm³/mol. The number of likely N-dealkylation sites (N-methyl/N-ethyl adjacent to an activating group) is 1. The Morgan fingerprint density at radius 2 is 1.84 bits per heavy atom. The number of carbonyl (C=O) groups is 2. The summed E-state index contributed by atoms with van der Waals surface area (Å²) in [5.41, 5.74) is 0.988. The first kappa shape index (κ1) is 13.4. The summed E-state index contributed by atoms with van der Waals surface area (Å²) in [4.78, 5) is 23.2. The largest absolute Gasteiger partial charge is 0.486 e. The van der Waals surface area contributed by atoms with Gasteiger partial charge in [0.05, 0.1) is 0 Å². The molecule has 0 saturated carbocycles. The molecular formula is C13H15NO5. The molecule has 0 aromatic heterocycles. The van der Waals surface area contributed by atoms with Crippen molar-refractivity contribution < 1.29 is 24.2 Å². The molecule has 0 bridgehead atoms. The van der Waals surface area contributed by atoms with Crippen molar-refractivity contribution in [1.82, 2.24) is 5.32 Å². The van der Waals surface area contributed by atoms with Crippen LogP contribution in [0, 0.1) is 6.92 Å². The van der Waals surface area contributed by atoms with Crippen molar-refractivity contribution in [3.63, 3.8) is 0 Å². The number of aryl methyl sites for hydroxylation is 1. The lowest BCUT2D eigenvalue weighted by Gasteiger charge is -2.20. The van der Waals surface area contributed by atoms with E-state index in [0.717, 1.165) is 0 Å². The van der Waals surface area contributed by atoms with Crippen LogP contribution in [0.15, 0.2) is 12.1 Å². The molecule has 0 radical (unpaired) electrons. The van der Waals surface area contributed by atoms with Crippen molar-refractivity contribution >= 4 is 11.8 Å². The summed E-state index contributed by atoms with van der Waals surface area (Å²) in [6.45, 7) is 2.62. The van der Waals surface area contributed by atoms with Gasteiger partial charge in [0.2, 0.25) is 0 Å². The van der Waals surface area contributed by atoms with E-state index in [0.29, 0.717) is 35.8 Å². The third-order valence-electron chi connectivity index (χ3n) is 2.95. The van der Waals surface area contributed by atoms with E-state index in [1.807, 2.05) is 0 Å². The standard InChI is InChI=1S/C13H15NO5/c1-7-5-9-10(19-4-3-18-9)6-8(7)12(15)11(14-2)13(16)17/h5-6,11,14H,3-4H2,1-2H3,(H,16,17). The topological polar surface area (TPSA) is 84.9 Å². The van der Waals surface area contributed by atoms with Crippen LogP contribution in [0.25, 0.3) is 0 Å². The average Bonchev–Trinajstić information content (AvgIpc) is 2.38. The maximum absolute atomic E-state index is 12.2. The molecule has 1 aromatic rings. The maximum atomic E-state index is 12.2. The quantitative estimate of drug-likeness (QED) is 0.613. The maximum Gasteiger partial charge on any atom is 0.328 e. The van der Waals surface area contributed by atoms with Crippen molar-refractivity contribution in [2.75, 3.05) is 20.3 Å². The number of ketones is 1. The number of fused-ring (bicyclic) bond motifs is 1. The first-order valence-corrected chi connectivity index (χ1v) is 5.89. The van der Waals surface area contributed by atoms with Crippen LogP contribution in [0.2, 0.25) is 0 Å². The molecule has 1 unspecified atom stereocenters. The van der Waals surface area contributed by atoms with Gasteiger partial charge in [0, 0.05) is 5.56 Å². The zero-order valence-electron chi connectivity index (χ0n) is 10.7. The van der Waals surface area contributed by atoms with Gasteiger partial charge in [-0.3, -0.25) is 9.59 Å². The highest BCUT2D eigenvalue weighted by molar-refractivity contribution is 6.12. The number of nitrogens with one attached hydrogen (secondary N) is 1. The fraction of sp³-hybridized carbons (Fsp3) is 0.385. The molecule has 0 aliphatic carbocycles. The zero-order chi connectivity index (χ0) is 14.0. The second-order valence-corrected chi connectivity index (χ2v) is 4.23. The Morgan fingerprint density at radius 3 is 2.37 bits per heavy atom. The van der Waals surface area contributed by atoms with Gasteiger partial charge in [0.15, 0.2) is 23.3 Å². The minimum absolute atomic E-state index is 0.325. The number of benzene rings is 1. The van der Waals surface area contributed by atoms with Crippen molar-refractivity contribution in [2.45, 2.75) is 13.0 Å². The van der Waals surface area contributed by atoms with Gasteiger partial charge in [-0.1, -0.05) is 0 Å². The molecule has 0 saturated heterocycles. The summed E-state index contributed by atoms with van der Waals surface area (Å²) in [5.74, 6) is -0.650. The number of carboxylic acid groups (broad SMARTS) is 1. The summed E-state index contributed by atoms with van der Waals surface area (Å²) in [5, 5.41) is 11.5. The van der Waals surface area contributed by atoms with Crippen LogP contribution in [0.1, 0.15) is 15.9 Å². The van der Waals surface area contributed by atoms with Crippen LogP contribution < -0.4 is 14.8 Å². The zero-order valence-corrected chi connectivity index (χ0v) is 10.7. The minimum atomic E-state index is -1.26. The predicted octanol–water partition coefficient (Wildman–Crippen LogP) is 0.622. The number of carboxylic acids is 1. The van der Waals surface area contributed by atoms with Crippen molar-refractivity contribution in [2.24, 2.45) is 0 Å². The van der Waals surface area contributed by atoms with E-state index in [2.05, 4.69) is 5.32 Å². The van der Waals surface area contributed by atoms with E-state index in [1.54, 1.807) is 19.1 Å². The molecular weight excluding hydrogens is 250 g/mol. The van der Waals surface area contributed by atoms with Crippen LogP contribution >= 0.6 is 0 Å². The Morgan fingerprint density at radius 1 is 1.26 bits per heavy atom. The van der Waals surface area contributed by atoms with Gasteiger partial charge in [-0.25, -0.2) is 0 Å². The van der Waals surface area contributed by atoms with Crippen molar-refractivity contribution in [3.8, 4) is 11.5 Å². The number of rotatable bonds is 4. The van der Waals surface area contributed by atoms with Crippen molar-refractivity contribution in [1.29, 1.82) is 0 Å². The lowest BCUT2D eigenvalue weighted by Crippen LogP contribution is -2.41. The number of ether oxygens (including phenoxy) is 2. The molecule has 1 heterocycles. The van der Waals surface area contributed by atoms with Gasteiger partial charge in [-0.15, -0.1) is 0 Å². The van der Waals surface area contributed by atoms with Gasteiger partial charge < -0.3 is 19.9 Å². The number of Topliss-reactive ketones (excluding diaryl/α,β-unsaturated/α-hetero) is 1. The van der Waals surface area contributed by atoms with Crippen LogP contribution in [0.4, 0.5) is 0 Å². The van der Waals surface area contributed by atoms with Crippen LogP contribution in [-0.2, 0) is 4.79 Å². The van der Waals surface area contributed by atoms with Crippen LogP contribution in [-0.4, -0.2) is 43.2 Å². The second-order valence-electron chi connectivity index (χ2n) is 4.23. The molecule has 0 fully saturated rings. The Balaban J connectivity index is 2.39. The lowest BCUT2D eigenvalue weighted by molar-refractivity contribution is -0.137. The van der Waals surface area contributed by atoms with E-state index in [9.17, 15) is 9.59 Å². The SMILES string of the molecule is CNC(C(=O)O)C(=O)c1cc2c(cc1C)OCCO2. The third kappa shape index (κ3) is 2.53. The monoisotopic (exact) mass is 265 g/mol. The fourth-order valence-corrected chi connectivity index (χ4v) is 1.98. The van der Waals surface area contributed by atoms with Gasteiger partial charge in [0.25, 0.3) is 0 Å². The summed E-state index contributed by atoms with van der Waals surface area (Å²) < 4.78 is 10.8. The van der Waals surface area contributed by atoms with E-state index in [-0.39, 0.29) is 0 Å². The molecule has 2 rings (SSSR count). The van der Waals surface area contributed by atoms with Gasteiger partial charge in [-0.2, -0.15) is 0 Å². The highest BCUT2D eigenvalue weighted by Crippen LogP contribution is 2.33. The normalized spacial score (nSPS) is 14.8. The molecule has 0 spiro atoms.